The van der Waals surface area contributed by atoms with E-state index in [9.17, 15) is 4.79 Å². The van der Waals surface area contributed by atoms with Gasteiger partial charge < -0.3 is 20.5 Å². The van der Waals surface area contributed by atoms with E-state index in [1.165, 1.54) is 0 Å². The van der Waals surface area contributed by atoms with Crippen molar-refractivity contribution in [2.45, 2.75) is 32.5 Å². The van der Waals surface area contributed by atoms with Gasteiger partial charge in [-0.1, -0.05) is 6.92 Å². The van der Waals surface area contributed by atoms with Crippen molar-refractivity contribution in [1.29, 1.82) is 0 Å². The van der Waals surface area contributed by atoms with Gasteiger partial charge in [0.15, 0.2) is 6.29 Å². The van der Waals surface area contributed by atoms with Crippen LogP contribution in [0.25, 0.3) is 0 Å². The first kappa shape index (κ1) is 15.3. The maximum Gasteiger partial charge on any atom is 0.220 e. The molecule has 5 nitrogen and oxygen atoms in total. The van der Waals surface area contributed by atoms with Crippen molar-refractivity contribution in [2.24, 2.45) is 11.7 Å². The second kappa shape index (κ2) is 9.57. The summed E-state index contributed by atoms with van der Waals surface area (Å²) >= 11 is 0. The van der Waals surface area contributed by atoms with Crippen molar-refractivity contribution in [3.63, 3.8) is 0 Å². The van der Waals surface area contributed by atoms with E-state index in [0.29, 0.717) is 25.4 Å². The minimum Gasteiger partial charge on any atom is -0.354 e. The molecule has 0 radical (unpaired) electrons. The Balaban J connectivity index is 3.58. The molecule has 0 saturated heterocycles. The third-order valence-corrected chi connectivity index (χ3v) is 2.52. The lowest BCUT2D eigenvalue weighted by Gasteiger charge is -2.14. The zero-order chi connectivity index (χ0) is 12.4. The maximum absolute atomic E-state index is 11.4. The first-order valence-electron chi connectivity index (χ1n) is 5.66. The van der Waals surface area contributed by atoms with Crippen LogP contribution < -0.4 is 11.1 Å². The second-order valence-corrected chi connectivity index (χ2v) is 3.93. The molecule has 16 heavy (non-hydrogen) atoms. The molecule has 0 aliphatic heterocycles. The Kier molecular flexibility index (Phi) is 9.18. The molecule has 0 saturated carbocycles. The normalized spacial score (nSPS) is 12.8. The van der Waals surface area contributed by atoms with E-state index in [-0.39, 0.29) is 12.2 Å². The van der Waals surface area contributed by atoms with Crippen molar-refractivity contribution in [3.05, 3.63) is 0 Å². The van der Waals surface area contributed by atoms with Gasteiger partial charge in [0.05, 0.1) is 6.54 Å². The van der Waals surface area contributed by atoms with Crippen LogP contribution in [0.15, 0.2) is 0 Å². The van der Waals surface area contributed by atoms with Gasteiger partial charge >= 0.3 is 0 Å². The van der Waals surface area contributed by atoms with E-state index in [1.54, 1.807) is 14.2 Å². The summed E-state index contributed by atoms with van der Waals surface area (Å²) in [5, 5.41) is 2.76. The van der Waals surface area contributed by atoms with Crippen LogP contribution in [0.5, 0.6) is 0 Å². The predicted molar refractivity (Wildman–Crippen MR) is 62.9 cm³/mol. The molecule has 0 aromatic heterocycles. The highest BCUT2D eigenvalue weighted by Crippen LogP contribution is 2.08. The van der Waals surface area contributed by atoms with Crippen molar-refractivity contribution >= 4 is 5.91 Å². The largest absolute Gasteiger partial charge is 0.354 e. The topological polar surface area (TPSA) is 73.6 Å². The van der Waals surface area contributed by atoms with Crippen molar-refractivity contribution < 1.29 is 14.3 Å². The molecule has 96 valence electrons. The van der Waals surface area contributed by atoms with E-state index < -0.39 is 0 Å². The molecule has 0 bridgehead atoms. The van der Waals surface area contributed by atoms with Gasteiger partial charge in [0, 0.05) is 20.6 Å². The zero-order valence-electron chi connectivity index (χ0n) is 10.5. The Bertz CT molecular complexity index is 184. The number of hydrogen-bond acceptors (Lipinski definition) is 4. The first-order valence-corrected chi connectivity index (χ1v) is 5.66. The molecule has 0 aromatic carbocycles. The van der Waals surface area contributed by atoms with E-state index in [2.05, 4.69) is 12.2 Å². The van der Waals surface area contributed by atoms with Gasteiger partial charge in [0.25, 0.3) is 0 Å². The highest BCUT2D eigenvalue weighted by molar-refractivity contribution is 5.75. The van der Waals surface area contributed by atoms with Gasteiger partial charge in [-0.05, 0) is 25.3 Å². The average Bonchev–Trinajstić information content (AvgIpc) is 2.28. The number of carbonyl (C=O) groups is 1. The van der Waals surface area contributed by atoms with Gasteiger partial charge in [-0.2, -0.15) is 0 Å². The smallest absolute Gasteiger partial charge is 0.220 e. The molecule has 0 aromatic rings. The van der Waals surface area contributed by atoms with Gasteiger partial charge in [-0.15, -0.1) is 0 Å². The van der Waals surface area contributed by atoms with Gasteiger partial charge in [0.2, 0.25) is 5.91 Å². The lowest BCUT2D eigenvalue weighted by molar-refractivity contribution is -0.127. The lowest BCUT2D eigenvalue weighted by atomic mass is 10.0. The fraction of sp³-hybridized carbons (Fsp3) is 0.909. The Labute approximate surface area is 97.7 Å². The van der Waals surface area contributed by atoms with Crippen molar-refractivity contribution in [1.82, 2.24) is 5.32 Å². The molecular weight excluding hydrogens is 208 g/mol. The average molecular weight is 232 g/mol. The van der Waals surface area contributed by atoms with Crippen LogP contribution in [0, 0.1) is 5.92 Å². The Morgan fingerprint density at radius 1 is 1.31 bits per heavy atom. The predicted octanol–water partition coefficient (Wildman–Crippen LogP) is 0.487. The first-order chi connectivity index (χ1) is 7.63. The molecule has 1 atom stereocenters. The number of nitrogens with two attached hydrogens (primary N) is 1. The van der Waals surface area contributed by atoms with Crippen LogP contribution in [-0.2, 0) is 14.3 Å². The molecule has 0 fully saturated rings. The number of rotatable bonds is 9. The van der Waals surface area contributed by atoms with Crippen molar-refractivity contribution in [3.8, 4) is 0 Å². The number of ether oxygens (including phenoxy) is 2. The summed E-state index contributed by atoms with van der Waals surface area (Å²) in [6, 6.07) is 0. The quantitative estimate of drug-likeness (QED) is 0.567. The van der Waals surface area contributed by atoms with E-state index in [1.807, 2.05) is 0 Å². The molecule has 5 heteroatoms. The Morgan fingerprint density at radius 2 is 1.94 bits per heavy atom. The van der Waals surface area contributed by atoms with Gasteiger partial charge in [0.1, 0.15) is 0 Å². The highest BCUT2D eigenvalue weighted by Gasteiger charge is 2.09. The van der Waals surface area contributed by atoms with Gasteiger partial charge in [-0.25, -0.2) is 0 Å². The van der Waals surface area contributed by atoms with Crippen LogP contribution in [0.1, 0.15) is 26.2 Å². The third kappa shape index (κ3) is 7.62. The zero-order valence-corrected chi connectivity index (χ0v) is 10.5. The summed E-state index contributed by atoms with van der Waals surface area (Å²) in [4.78, 5) is 11.4. The molecular formula is C11H24N2O3. The maximum atomic E-state index is 11.4. The number of carbonyl (C=O) groups excluding carboxylic acids is 1. The molecule has 0 rings (SSSR count). The van der Waals surface area contributed by atoms with Crippen LogP contribution in [0.4, 0.5) is 0 Å². The van der Waals surface area contributed by atoms with Crippen molar-refractivity contribution in [2.75, 3.05) is 27.3 Å². The number of nitrogens with one attached hydrogen (secondary N) is 1. The van der Waals surface area contributed by atoms with Crippen LogP contribution in [-0.4, -0.2) is 39.5 Å². The van der Waals surface area contributed by atoms with Gasteiger partial charge in [-0.3, -0.25) is 4.79 Å². The Hall–Kier alpha value is -0.650. The van der Waals surface area contributed by atoms with E-state index >= 15 is 0 Å². The second-order valence-electron chi connectivity index (χ2n) is 3.93. The summed E-state index contributed by atoms with van der Waals surface area (Å²) in [6.07, 6.45) is 1.99. The minimum atomic E-state index is -0.370. The minimum absolute atomic E-state index is 0.0305. The standard InChI is InChI=1S/C11H24N2O3/c1-9(6-7-12)4-5-10(14)13-8-11(15-2)16-3/h9,11H,4-8,12H2,1-3H3,(H,13,14). The Morgan fingerprint density at radius 3 is 2.44 bits per heavy atom. The highest BCUT2D eigenvalue weighted by atomic mass is 16.7. The van der Waals surface area contributed by atoms with E-state index in [4.69, 9.17) is 15.2 Å². The summed E-state index contributed by atoms with van der Waals surface area (Å²) in [7, 11) is 3.09. The molecule has 0 aliphatic carbocycles. The fourth-order valence-electron chi connectivity index (χ4n) is 1.35. The summed E-state index contributed by atoms with van der Waals surface area (Å²) in [6.45, 7) is 3.17. The van der Waals surface area contributed by atoms with Crippen LogP contribution >= 0.6 is 0 Å². The number of amides is 1. The fourth-order valence-corrected chi connectivity index (χ4v) is 1.35. The molecule has 1 amide bonds. The third-order valence-electron chi connectivity index (χ3n) is 2.52. The SMILES string of the molecule is COC(CNC(=O)CCC(C)CCN)OC. The molecule has 0 aliphatic rings. The lowest BCUT2D eigenvalue weighted by Crippen LogP contribution is -2.34. The summed E-state index contributed by atoms with van der Waals surface area (Å²) in [5.41, 5.74) is 5.44. The monoisotopic (exact) mass is 232 g/mol. The summed E-state index contributed by atoms with van der Waals surface area (Å²) < 4.78 is 9.92. The van der Waals surface area contributed by atoms with Crippen LogP contribution in [0.2, 0.25) is 0 Å². The molecule has 0 spiro atoms. The molecule has 0 heterocycles. The van der Waals surface area contributed by atoms with E-state index in [0.717, 1.165) is 12.8 Å². The summed E-state index contributed by atoms with van der Waals surface area (Å²) in [5.74, 6) is 0.527. The molecule has 1 unspecified atom stereocenters. The van der Waals surface area contributed by atoms with Crippen LogP contribution in [0.3, 0.4) is 0 Å². The number of methoxy groups -OCH3 is 2. The molecule has 3 N–H and O–H groups in total. The number of hydrogen-bond donors (Lipinski definition) is 2.